The maximum atomic E-state index is 13.3. The summed E-state index contributed by atoms with van der Waals surface area (Å²) in [6.45, 7) is 6.90. The molecule has 3 aromatic carbocycles. The van der Waals surface area contributed by atoms with Crippen molar-refractivity contribution in [3.8, 4) is 22.9 Å². The lowest BCUT2D eigenvalue weighted by Gasteiger charge is -2.24. The molecule has 0 spiro atoms. The predicted molar refractivity (Wildman–Crippen MR) is 129 cm³/mol. The Kier molecular flexibility index (Phi) is 5.59. The van der Waals surface area contributed by atoms with Crippen LogP contribution in [0.5, 0.6) is 5.75 Å². The molecule has 0 radical (unpaired) electrons. The molecule has 0 unspecified atom stereocenters. The van der Waals surface area contributed by atoms with Gasteiger partial charge in [0.05, 0.1) is 30.7 Å². The average molecular weight is 423 g/mol. The van der Waals surface area contributed by atoms with Crippen LogP contribution in [0.2, 0.25) is 0 Å². The molecule has 0 aliphatic rings. The van der Waals surface area contributed by atoms with E-state index in [0.29, 0.717) is 17.5 Å². The minimum Gasteiger partial charge on any atom is -0.496 e. The molecule has 0 saturated carbocycles. The van der Waals surface area contributed by atoms with E-state index in [1.165, 1.54) is 0 Å². The van der Waals surface area contributed by atoms with Gasteiger partial charge in [0.25, 0.3) is 5.56 Å². The zero-order chi connectivity index (χ0) is 22.9. The van der Waals surface area contributed by atoms with Gasteiger partial charge in [0, 0.05) is 11.6 Å². The number of ether oxygens (including phenoxy) is 1. The molecule has 4 heteroatoms. The van der Waals surface area contributed by atoms with Gasteiger partial charge in [0.1, 0.15) is 5.75 Å². The fourth-order valence-corrected chi connectivity index (χ4v) is 4.10. The number of nitrogens with zero attached hydrogens (tertiary/aromatic N) is 2. The zero-order valence-corrected chi connectivity index (χ0v) is 18.8. The van der Waals surface area contributed by atoms with Crippen molar-refractivity contribution in [1.82, 2.24) is 4.57 Å². The zero-order valence-electron chi connectivity index (χ0n) is 18.8. The van der Waals surface area contributed by atoms with Crippen LogP contribution in [0.3, 0.4) is 0 Å². The third kappa shape index (κ3) is 3.90. The summed E-state index contributed by atoms with van der Waals surface area (Å²) in [4.78, 5) is 13.3. The van der Waals surface area contributed by atoms with Crippen LogP contribution >= 0.6 is 0 Å². The quantitative estimate of drug-likeness (QED) is 0.412. The number of aromatic nitrogens is 1. The highest BCUT2D eigenvalue weighted by Gasteiger charge is 2.22. The summed E-state index contributed by atoms with van der Waals surface area (Å²) in [6.07, 6.45) is 1.96. The van der Waals surface area contributed by atoms with E-state index in [0.717, 1.165) is 33.4 Å². The van der Waals surface area contributed by atoms with Crippen molar-refractivity contribution in [2.24, 2.45) is 0 Å². The summed E-state index contributed by atoms with van der Waals surface area (Å²) >= 11 is 0. The first-order valence-electron chi connectivity index (χ1n) is 10.6. The van der Waals surface area contributed by atoms with Crippen LogP contribution < -0.4 is 10.3 Å². The van der Waals surface area contributed by atoms with Crippen molar-refractivity contribution in [1.29, 1.82) is 5.26 Å². The Morgan fingerprint density at radius 1 is 0.969 bits per heavy atom. The molecule has 0 aliphatic heterocycles. The first-order valence-corrected chi connectivity index (χ1v) is 10.6. The standard InChI is InChI=1S/C28H26N2O2/c1-28(2,3)24-18-30(27(31)23-10-7-11-25(32-4)26(23)24)17-19-12-14-20(15-13-19)22-9-6-5-8-21(22)16-29/h5-15,18H,17H2,1-4H3. The Labute approximate surface area is 188 Å². The Bertz CT molecular complexity index is 1380. The van der Waals surface area contributed by atoms with Crippen molar-refractivity contribution < 1.29 is 4.74 Å². The molecule has 0 N–H and O–H groups in total. The minimum absolute atomic E-state index is 0.0363. The SMILES string of the molecule is COc1cccc2c(=O)n(Cc3ccc(-c4ccccc4C#N)cc3)cc(C(C)(C)C)c12. The average Bonchev–Trinajstić information content (AvgIpc) is 2.80. The third-order valence-corrected chi connectivity index (χ3v) is 5.77. The van der Waals surface area contributed by atoms with E-state index < -0.39 is 0 Å². The highest BCUT2D eigenvalue weighted by atomic mass is 16.5. The topological polar surface area (TPSA) is 55.0 Å². The molecule has 0 bridgehead atoms. The van der Waals surface area contributed by atoms with Gasteiger partial charge in [-0.2, -0.15) is 5.26 Å². The van der Waals surface area contributed by atoms with Crippen LogP contribution in [0.1, 0.15) is 37.5 Å². The van der Waals surface area contributed by atoms with Crippen LogP contribution in [0.25, 0.3) is 21.9 Å². The van der Waals surface area contributed by atoms with Crippen LogP contribution in [-0.4, -0.2) is 11.7 Å². The number of rotatable bonds is 4. The van der Waals surface area contributed by atoms with Crippen molar-refractivity contribution in [2.75, 3.05) is 7.11 Å². The van der Waals surface area contributed by atoms with Gasteiger partial charge in [-0.15, -0.1) is 0 Å². The summed E-state index contributed by atoms with van der Waals surface area (Å²) in [5.41, 5.74) is 4.44. The van der Waals surface area contributed by atoms with Gasteiger partial charge in [-0.1, -0.05) is 69.3 Å². The van der Waals surface area contributed by atoms with E-state index in [1.807, 2.05) is 72.9 Å². The molecule has 32 heavy (non-hydrogen) atoms. The summed E-state index contributed by atoms with van der Waals surface area (Å²) < 4.78 is 7.36. The summed E-state index contributed by atoms with van der Waals surface area (Å²) in [5, 5.41) is 10.9. The summed E-state index contributed by atoms with van der Waals surface area (Å²) in [5.74, 6) is 0.720. The van der Waals surface area contributed by atoms with Crippen LogP contribution in [0, 0.1) is 11.3 Å². The van der Waals surface area contributed by atoms with Crippen molar-refractivity contribution in [3.63, 3.8) is 0 Å². The maximum Gasteiger partial charge on any atom is 0.258 e. The summed E-state index contributed by atoms with van der Waals surface area (Å²) in [7, 11) is 1.64. The number of methoxy groups -OCH3 is 1. The Morgan fingerprint density at radius 2 is 1.69 bits per heavy atom. The van der Waals surface area contributed by atoms with Gasteiger partial charge in [-0.05, 0) is 45.9 Å². The highest BCUT2D eigenvalue weighted by molar-refractivity contribution is 5.91. The van der Waals surface area contributed by atoms with E-state index >= 15 is 0 Å². The molecule has 4 aromatic rings. The molecule has 0 saturated heterocycles. The lowest BCUT2D eigenvalue weighted by atomic mass is 9.84. The Hall–Kier alpha value is -3.84. The Balaban J connectivity index is 1.78. The molecule has 0 aliphatic carbocycles. The predicted octanol–water partition coefficient (Wildman–Crippen LogP) is 5.89. The van der Waals surface area contributed by atoms with Crippen molar-refractivity contribution in [2.45, 2.75) is 32.7 Å². The fraction of sp³-hybridized carbons (Fsp3) is 0.214. The molecule has 0 atom stereocenters. The van der Waals surface area contributed by atoms with E-state index in [-0.39, 0.29) is 11.0 Å². The first kappa shape index (κ1) is 21.4. The van der Waals surface area contributed by atoms with Crippen molar-refractivity contribution >= 4 is 10.8 Å². The normalized spacial score (nSPS) is 11.3. The van der Waals surface area contributed by atoms with Crippen LogP contribution in [0.15, 0.2) is 77.7 Å². The van der Waals surface area contributed by atoms with E-state index in [2.05, 4.69) is 26.8 Å². The second kappa shape index (κ2) is 8.36. The molecule has 0 fully saturated rings. The monoisotopic (exact) mass is 422 g/mol. The maximum absolute atomic E-state index is 13.3. The lowest BCUT2D eigenvalue weighted by Crippen LogP contribution is -2.25. The number of pyridine rings is 1. The van der Waals surface area contributed by atoms with Crippen LogP contribution in [-0.2, 0) is 12.0 Å². The molecule has 1 aromatic heterocycles. The fourth-order valence-electron chi connectivity index (χ4n) is 4.10. The van der Waals surface area contributed by atoms with Crippen molar-refractivity contribution in [3.05, 3.63) is 100.0 Å². The van der Waals surface area contributed by atoms with Gasteiger partial charge in [-0.25, -0.2) is 0 Å². The van der Waals surface area contributed by atoms with E-state index in [4.69, 9.17) is 4.74 Å². The largest absolute Gasteiger partial charge is 0.496 e. The third-order valence-electron chi connectivity index (χ3n) is 5.77. The highest BCUT2D eigenvalue weighted by Crippen LogP contribution is 2.34. The van der Waals surface area contributed by atoms with Gasteiger partial charge in [-0.3, -0.25) is 4.79 Å². The van der Waals surface area contributed by atoms with Gasteiger partial charge in [0.2, 0.25) is 0 Å². The summed E-state index contributed by atoms with van der Waals surface area (Å²) in [6, 6.07) is 23.5. The van der Waals surface area contributed by atoms with Gasteiger partial charge in [0.15, 0.2) is 0 Å². The first-order chi connectivity index (χ1) is 15.3. The molecule has 0 amide bonds. The molecule has 4 nitrogen and oxygen atoms in total. The number of nitriles is 1. The second-order valence-corrected chi connectivity index (χ2v) is 8.96. The number of hydrogen-bond acceptors (Lipinski definition) is 3. The van der Waals surface area contributed by atoms with Gasteiger partial charge >= 0.3 is 0 Å². The van der Waals surface area contributed by atoms with E-state index in [1.54, 1.807) is 11.7 Å². The van der Waals surface area contributed by atoms with Gasteiger partial charge < -0.3 is 9.30 Å². The Morgan fingerprint density at radius 3 is 2.34 bits per heavy atom. The molecule has 4 rings (SSSR count). The number of benzene rings is 3. The van der Waals surface area contributed by atoms with Crippen LogP contribution in [0.4, 0.5) is 0 Å². The molecular formula is C28H26N2O2. The number of fused-ring (bicyclic) bond motifs is 1. The van der Waals surface area contributed by atoms with E-state index in [9.17, 15) is 10.1 Å². The smallest absolute Gasteiger partial charge is 0.258 e. The molecule has 160 valence electrons. The number of hydrogen-bond donors (Lipinski definition) is 0. The second-order valence-electron chi connectivity index (χ2n) is 8.96. The molecular weight excluding hydrogens is 396 g/mol. The minimum atomic E-state index is -0.160. The lowest BCUT2D eigenvalue weighted by molar-refractivity contribution is 0.418. The molecule has 1 heterocycles.